The minimum absolute atomic E-state index is 0.265. The van der Waals surface area contributed by atoms with Crippen molar-refractivity contribution in [3.63, 3.8) is 0 Å². The summed E-state index contributed by atoms with van der Waals surface area (Å²) in [5, 5.41) is 0.265. The SMILES string of the molecule is NCCC1CCN(Cc2cccc(F)c2Cl)CC1. The topological polar surface area (TPSA) is 29.3 Å². The van der Waals surface area contributed by atoms with Crippen molar-refractivity contribution in [1.29, 1.82) is 0 Å². The van der Waals surface area contributed by atoms with Crippen LogP contribution >= 0.6 is 11.6 Å². The number of nitrogens with zero attached hydrogens (tertiary/aromatic N) is 1. The van der Waals surface area contributed by atoms with Gasteiger partial charge in [-0.3, -0.25) is 4.90 Å². The maximum absolute atomic E-state index is 13.3. The fraction of sp³-hybridized carbons (Fsp3) is 0.571. The Morgan fingerprint density at radius 3 is 2.72 bits per heavy atom. The van der Waals surface area contributed by atoms with E-state index in [0.29, 0.717) is 0 Å². The molecule has 18 heavy (non-hydrogen) atoms. The standard InChI is InChI=1S/C14H20ClFN2/c15-14-12(2-1-3-13(14)16)10-18-8-5-11(4-7-17)6-9-18/h1-3,11H,4-10,17H2. The second-order valence-electron chi connectivity index (χ2n) is 5.01. The van der Waals surface area contributed by atoms with Gasteiger partial charge < -0.3 is 5.73 Å². The van der Waals surface area contributed by atoms with Crippen molar-refractivity contribution in [3.8, 4) is 0 Å². The molecule has 0 saturated carbocycles. The zero-order valence-electron chi connectivity index (χ0n) is 10.5. The Morgan fingerprint density at radius 2 is 2.06 bits per heavy atom. The van der Waals surface area contributed by atoms with Crippen molar-refractivity contribution >= 4 is 11.6 Å². The fourth-order valence-electron chi connectivity index (χ4n) is 2.58. The highest BCUT2D eigenvalue weighted by atomic mass is 35.5. The molecular formula is C14H20ClFN2. The smallest absolute Gasteiger partial charge is 0.142 e. The summed E-state index contributed by atoms with van der Waals surface area (Å²) >= 11 is 5.97. The van der Waals surface area contributed by atoms with Gasteiger partial charge in [0, 0.05) is 6.54 Å². The fourth-order valence-corrected chi connectivity index (χ4v) is 2.77. The molecule has 1 aromatic carbocycles. The third-order valence-corrected chi connectivity index (χ3v) is 4.13. The summed E-state index contributed by atoms with van der Waals surface area (Å²) in [6.07, 6.45) is 3.49. The number of likely N-dealkylation sites (tertiary alicyclic amines) is 1. The molecule has 0 spiro atoms. The zero-order valence-corrected chi connectivity index (χ0v) is 11.3. The quantitative estimate of drug-likeness (QED) is 0.911. The number of hydrogen-bond donors (Lipinski definition) is 1. The first-order valence-corrected chi connectivity index (χ1v) is 6.94. The van der Waals surface area contributed by atoms with Crippen LogP contribution in [0, 0.1) is 11.7 Å². The molecule has 0 unspecified atom stereocenters. The summed E-state index contributed by atoms with van der Waals surface area (Å²) in [6, 6.07) is 5.02. The molecule has 0 aliphatic carbocycles. The van der Waals surface area contributed by atoms with Gasteiger partial charge in [0.1, 0.15) is 5.82 Å². The summed E-state index contributed by atoms with van der Waals surface area (Å²) < 4.78 is 13.3. The molecule has 1 aliphatic heterocycles. The number of halogens is 2. The summed E-state index contributed by atoms with van der Waals surface area (Å²) in [5.74, 6) is 0.432. The molecule has 0 atom stereocenters. The van der Waals surface area contributed by atoms with Crippen LogP contribution in [0.1, 0.15) is 24.8 Å². The molecule has 1 heterocycles. The van der Waals surface area contributed by atoms with Crippen LogP contribution in [0.15, 0.2) is 18.2 Å². The molecular weight excluding hydrogens is 251 g/mol. The van der Waals surface area contributed by atoms with Crippen molar-refractivity contribution in [2.75, 3.05) is 19.6 Å². The van der Waals surface area contributed by atoms with Crippen LogP contribution in [0.3, 0.4) is 0 Å². The second kappa shape index (κ2) is 6.50. The lowest BCUT2D eigenvalue weighted by Gasteiger charge is -2.32. The van der Waals surface area contributed by atoms with Gasteiger partial charge in [0.2, 0.25) is 0 Å². The van der Waals surface area contributed by atoms with Crippen LogP contribution in [0.4, 0.5) is 4.39 Å². The molecule has 4 heteroatoms. The number of rotatable bonds is 4. The van der Waals surface area contributed by atoms with E-state index >= 15 is 0 Å². The van der Waals surface area contributed by atoms with Crippen LogP contribution in [-0.2, 0) is 6.54 Å². The monoisotopic (exact) mass is 270 g/mol. The Hall–Kier alpha value is -0.640. The molecule has 100 valence electrons. The Bertz CT molecular complexity index is 389. The van der Waals surface area contributed by atoms with Crippen LogP contribution in [0.2, 0.25) is 5.02 Å². The molecule has 2 N–H and O–H groups in total. The van der Waals surface area contributed by atoms with Crippen LogP contribution in [0.5, 0.6) is 0 Å². The number of piperidine rings is 1. The molecule has 2 rings (SSSR count). The third-order valence-electron chi connectivity index (χ3n) is 3.71. The van der Waals surface area contributed by atoms with Gasteiger partial charge in [0.25, 0.3) is 0 Å². The lowest BCUT2D eigenvalue weighted by atomic mass is 9.93. The van der Waals surface area contributed by atoms with Crippen LogP contribution in [0.25, 0.3) is 0 Å². The van der Waals surface area contributed by atoms with Gasteiger partial charge in [-0.25, -0.2) is 4.39 Å². The normalized spacial score (nSPS) is 18.2. The van der Waals surface area contributed by atoms with Gasteiger partial charge >= 0.3 is 0 Å². The van der Waals surface area contributed by atoms with Gasteiger partial charge in [-0.2, -0.15) is 0 Å². The van der Waals surface area contributed by atoms with E-state index in [1.165, 1.54) is 18.9 Å². The summed E-state index contributed by atoms with van der Waals surface area (Å²) in [5.41, 5.74) is 6.46. The van der Waals surface area contributed by atoms with Crippen molar-refractivity contribution in [2.24, 2.45) is 11.7 Å². The molecule has 0 amide bonds. The first-order valence-electron chi connectivity index (χ1n) is 6.56. The first kappa shape index (κ1) is 13.8. The minimum atomic E-state index is -0.327. The molecule has 1 fully saturated rings. The molecule has 0 radical (unpaired) electrons. The van der Waals surface area contributed by atoms with Crippen molar-refractivity contribution in [2.45, 2.75) is 25.8 Å². The minimum Gasteiger partial charge on any atom is -0.330 e. The van der Waals surface area contributed by atoms with E-state index in [1.54, 1.807) is 6.07 Å². The maximum atomic E-state index is 13.3. The molecule has 2 nitrogen and oxygen atoms in total. The predicted octanol–water partition coefficient (Wildman–Crippen LogP) is 3.04. The summed E-state index contributed by atoms with van der Waals surface area (Å²) in [4.78, 5) is 2.34. The van der Waals surface area contributed by atoms with Crippen molar-refractivity contribution < 1.29 is 4.39 Å². The molecule has 0 aromatic heterocycles. The van der Waals surface area contributed by atoms with Crippen molar-refractivity contribution in [3.05, 3.63) is 34.6 Å². The van der Waals surface area contributed by atoms with Gasteiger partial charge in [-0.15, -0.1) is 0 Å². The highest BCUT2D eigenvalue weighted by Crippen LogP contribution is 2.25. The van der Waals surface area contributed by atoms with E-state index in [9.17, 15) is 4.39 Å². The number of benzene rings is 1. The lowest BCUT2D eigenvalue weighted by molar-refractivity contribution is 0.173. The van der Waals surface area contributed by atoms with E-state index < -0.39 is 0 Å². The summed E-state index contributed by atoms with van der Waals surface area (Å²) in [6.45, 7) is 3.63. The first-order chi connectivity index (χ1) is 8.70. The third kappa shape index (κ3) is 3.44. The van der Waals surface area contributed by atoms with E-state index in [0.717, 1.165) is 44.1 Å². The summed E-state index contributed by atoms with van der Waals surface area (Å²) in [7, 11) is 0. The van der Waals surface area contributed by atoms with E-state index in [-0.39, 0.29) is 10.8 Å². The Morgan fingerprint density at radius 1 is 1.33 bits per heavy atom. The van der Waals surface area contributed by atoms with Gasteiger partial charge in [-0.1, -0.05) is 23.7 Å². The van der Waals surface area contributed by atoms with Gasteiger partial charge in [0.05, 0.1) is 5.02 Å². The lowest BCUT2D eigenvalue weighted by Crippen LogP contribution is -2.33. The van der Waals surface area contributed by atoms with Crippen LogP contribution in [-0.4, -0.2) is 24.5 Å². The molecule has 0 bridgehead atoms. The molecule has 1 aliphatic rings. The molecule has 1 saturated heterocycles. The highest BCUT2D eigenvalue weighted by Gasteiger charge is 2.19. The average Bonchev–Trinajstić information content (AvgIpc) is 2.38. The Kier molecular flexibility index (Phi) is 4.98. The average molecular weight is 271 g/mol. The van der Waals surface area contributed by atoms with Crippen molar-refractivity contribution in [1.82, 2.24) is 4.90 Å². The van der Waals surface area contributed by atoms with E-state index in [1.807, 2.05) is 6.07 Å². The van der Waals surface area contributed by atoms with E-state index in [4.69, 9.17) is 17.3 Å². The van der Waals surface area contributed by atoms with Gasteiger partial charge in [0.15, 0.2) is 0 Å². The van der Waals surface area contributed by atoms with Crippen LogP contribution < -0.4 is 5.73 Å². The number of nitrogens with two attached hydrogens (primary N) is 1. The Balaban J connectivity index is 1.90. The van der Waals surface area contributed by atoms with Gasteiger partial charge in [-0.05, 0) is 56.4 Å². The largest absolute Gasteiger partial charge is 0.330 e. The maximum Gasteiger partial charge on any atom is 0.142 e. The molecule has 1 aromatic rings. The van der Waals surface area contributed by atoms with E-state index in [2.05, 4.69) is 4.90 Å². The zero-order chi connectivity index (χ0) is 13.0. The highest BCUT2D eigenvalue weighted by molar-refractivity contribution is 6.31. The Labute approximate surface area is 113 Å². The predicted molar refractivity (Wildman–Crippen MR) is 73.1 cm³/mol. The number of hydrogen-bond acceptors (Lipinski definition) is 2. The second-order valence-corrected chi connectivity index (χ2v) is 5.39.